The Morgan fingerprint density at radius 1 is 1.46 bits per heavy atom. The maximum atomic E-state index is 9.75. The molecule has 0 radical (unpaired) electrons. The van der Waals surface area contributed by atoms with Crippen LogP contribution in [-0.4, -0.2) is 11.2 Å². The Kier molecular flexibility index (Phi) is 5.09. The summed E-state index contributed by atoms with van der Waals surface area (Å²) < 4.78 is 15.6. The van der Waals surface area contributed by atoms with Crippen LogP contribution in [0.25, 0.3) is 0 Å². The molecule has 13 heavy (non-hydrogen) atoms. The quantitative estimate of drug-likeness (QED) is 0.476. The fourth-order valence-electron chi connectivity index (χ4n) is 1.04. The molecule has 0 aromatic rings. The van der Waals surface area contributed by atoms with E-state index in [4.69, 9.17) is 2.74 Å². The first-order chi connectivity index (χ1) is 6.84. The van der Waals surface area contributed by atoms with Crippen molar-refractivity contribution >= 4 is 0 Å². The van der Waals surface area contributed by atoms with E-state index in [1.165, 1.54) is 0 Å². The predicted molar refractivity (Wildman–Crippen MR) is 58.7 cm³/mol. The zero-order chi connectivity index (χ0) is 12.1. The van der Waals surface area contributed by atoms with Crippen molar-refractivity contribution in [2.75, 3.05) is 0 Å². The highest BCUT2D eigenvalue weighted by atomic mass is 16.3. The van der Waals surface area contributed by atoms with E-state index < -0.39 is 12.5 Å². The van der Waals surface area contributed by atoms with Gasteiger partial charge in [0.2, 0.25) is 0 Å². The summed E-state index contributed by atoms with van der Waals surface area (Å²) in [5.41, 5.74) is 0.525. The standard InChI is InChI=1S/C12H24O/c1-5-6-7-8-11(4)9-12(13)10(2)3/h10,12-13H,4-9H2,1-3H3/i9D2. The van der Waals surface area contributed by atoms with Gasteiger partial charge in [0, 0.05) is 2.74 Å². The lowest BCUT2D eigenvalue weighted by molar-refractivity contribution is 0.125. The Morgan fingerprint density at radius 3 is 2.54 bits per heavy atom. The van der Waals surface area contributed by atoms with Crippen LogP contribution in [0.15, 0.2) is 12.2 Å². The van der Waals surface area contributed by atoms with Gasteiger partial charge in [-0.2, -0.15) is 0 Å². The van der Waals surface area contributed by atoms with Crippen LogP contribution in [0, 0.1) is 5.92 Å². The molecular formula is C12H24O. The highest BCUT2D eigenvalue weighted by Crippen LogP contribution is 2.16. The van der Waals surface area contributed by atoms with Crippen molar-refractivity contribution in [2.45, 2.75) is 58.9 Å². The second-order valence-electron chi connectivity index (χ2n) is 3.89. The SMILES string of the molecule is [2H]C([2H])(C(=C)CCCCC)C(O)C(C)C. The molecule has 0 aromatic carbocycles. The molecule has 0 fully saturated rings. The summed E-state index contributed by atoms with van der Waals surface area (Å²) in [6, 6.07) is 0. The number of aliphatic hydroxyl groups is 1. The Bertz CT molecular complexity index is 200. The summed E-state index contributed by atoms with van der Waals surface area (Å²) in [6.45, 7) is 9.52. The number of unbranched alkanes of at least 4 members (excludes halogenated alkanes) is 2. The predicted octanol–water partition coefficient (Wildman–Crippen LogP) is 3.53. The number of hydrogen-bond donors (Lipinski definition) is 1. The molecule has 1 heteroatoms. The summed E-state index contributed by atoms with van der Waals surface area (Å²) >= 11 is 0. The lowest BCUT2D eigenvalue weighted by atomic mass is 9.97. The van der Waals surface area contributed by atoms with Crippen molar-refractivity contribution in [3.05, 3.63) is 12.2 Å². The summed E-state index contributed by atoms with van der Waals surface area (Å²) in [6.07, 6.45) is 1.23. The van der Waals surface area contributed by atoms with E-state index in [1.807, 2.05) is 13.8 Å². The molecule has 0 rings (SSSR count). The zero-order valence-corrected chi connectivity index (χ0v) is 9.14. The van der Waals surface area contributed by atoms with Crippen LogP contribution in [0.2, 0.25) is 0 Å². The molecule has 0 spiro atoms. The highest BCUT2D eigenvalue weighted by molar-refractivity contribution is 4.96. The topological polar surface area (TPSA) is 20.2 Å². The maximum absolute atomic E-state index is 9.75. The number of aliphatic hydroxyl groups excluding tert-OH is 1. The molecule has 0 aliphatic rings. The summed E-state index contributed by atoms with van der Waals surface area (Å²) in [5, 5.41) is 9.75. The van der Waals surface area contributed by atoms with E-state index in [2.05, 4.69) is 13.5 Å². The van der Waals surface area contributed by atoms with Crippen molar-refractivity contribution < 1.29 is 7.85 Å². The second kappa shape index (κ2) is 7.14. The molecule has 78 valence electrons. The number of hydrogen-bond acceptors (Lipinski definition) is 1. The molecule has 1 atom stereocenters. The molecule has 0 amide bonds. The first-order valence-corrected chi connectivity index (χ1v) is 5.20. The molecule has 0 aromatic heterocycles. The van der Waals surface area contributed by atoms with Crippen LogP contribution < -0.4 is 0 Å². The third kappa shape index (κ3) is 6.83. The largest absolute Gasteiger partial charge is 0.393 e. The Hall–Kier alpha value is -0.300. The van der Waals surface area contributed by atoms with E-state index in [9.17, 15) is 5.11 Å². The van der Waals surface area contributed by atoms with Crippen LogP contribution in [0.1, 0.15) is 55.6 Å². The van der Waals surface area contributed by atoms with Gasteiger partial charge in [0.1, 0.15) is 0 Å². The van der Waals surface area contributed by atoms with Crippen molar-refractivity contribution in [1.29, 1.82) is 0 Å². The average Bonchev–Trinajstić information content (AvgIpc) is 2.16. The van der Waals surface area contributed by atoms with Crippen LogP contribution in [0.4, 0.5) is 0 Å². The van der Waals surface area contributed by atoms with Gasteiger partial charge in [-0.1, -0.05) is 45.8 Å². The second-order valence-corrected chi connectivity index (χ2v) is 3.89. The lowest BCUT2D eigenvalue weighted by Crippen LogP contribution is -2.14. The monoisotopic (exact) mass is 186 g/mol. The Morgan fingerprint density at radius 2 is 2.08 bits per heavy atom. The molecule has 0 bridgehead atoms. The van der Waals surface area contributed by atoms with E-state index >= 15 is 0 Å². The molecule has 0 saturated carbocycles. The highest BCUT2D eigenvalue weighted by Gasteiger charge is 2.09. The average molecular weight is 186 g/mol. The van der Waals surface area contributed by atoms with Gasteiger partial charge < -0.3 is 5.11 Å². The van der Waals surface area contributed by atoms with Gasteiger partial charge in [-0.25, -0.2) is 0 Å². The summed E-state index contributed by atoms with van der Waals surface area (Å²) in [4.78, 5) is 0. The molecule has 1 unspecified atom stereocenters. The third-order valence-corrected chi connectivity index (χ3v) is 2.07. The van der Waals surface area contributed by atoms with E-state index in [0.717, 1.165) is 19.3 Å². The van der Waals surface area contributed by atoms with Crippen molar-refractivity contribution in [1.82, 2.24) is 0 Å². The summed E-state index contributed by atoms with van der Waals surface area (Å²) in [5.74, 6) is -0.0806. The minimum absolute atomic E-state index is 0.0806. The van der Waals surface area contributed by atoms with E-state index in [1.54, 1.807) is 0 Å². The van der Waals surface area contributed by atoms with Crippen LogP contribution in [0.5, 0.6) is 0 Å². The van der Waals surface area contributed by atoms with Crippen molar-refractivity contribution in [2.24, 2.45) is 5.92 Å². The fourth-order valence-corrected chi connectivity index (χ4v) is 1.04. The molecule has 1 N–H and O–H groups in total. The summed E-state index contributed by atoms with van der Waals surface area (Å²) in [7, 11) is 0. The van der Waals surface area contributed by atoms with Crippen molar-refractivity contribution in [3.63, 3.8) is 0 Å². The normalized spacial score (nSPS) is 16.7. The lowest BCUT2D eigenvalue weighted by Gasteiger charge is -2.15. The molecule has 0 aliphatic carbocycles. The van der Waals surface area contributed by atoms with Gasteiger partial charge in [-0.15, -0.1) is 0 Å². The molecular weight excluding hydrogens is 160 g/mol. The maximum Gasteiger partial charge on any atom is 0.0600 e. The molecule has 0 aliphatic heterocycles. The smallest absolute Gasteiger partial charge is 0.0600 e. The Balaban J connectivity index is 4.25. The van der Waals surface area contributed by atoms with Crippen LogP contribution in [0.3, 0.4) is 0 Å². The number of rotatable bonds is 7. The fraction of sp³-hybridized carbons (Fsp3) is 0.833. The molecule has 0 heterocycles. The van der Waals surface area contributed by atoms with Gasteiger partial charge in [0.15, 0.2) is 0 Å². The third-order valence-electron chi connectivity index (χ3n) is 2.07. The van der Waals surface area contributed by atoms with Crippen molar-refractivity contribution in [3.8, 4) is 0 Å². The van der Waals surface area contributed by atoms with Gasteiger partial charge in [-0.05, 0) is 25.1 Å². The Labute approximate surface area is 85.7 Å². The van der Waals surface area contributed by atoms with E-state index in [0.29, 0.717) is 12.0 Å². The van der Waals surface area contributed by atoms with Gasteiger partial charge in [0.25, 0.3) is 0 Å². The van der Waals surface area contributed by atoms with Gasteiger partial charge >= 0.3 is 0 Å². The van der Waals surface area contributed by atoms with Gasteiger partial charge in [0.05, 0.1) is 6.10 Å². The van der Waals surface area contributed by atoms with Gasteiger partial charge in [-0.3, -0.25) is 0 Å². The molecule has 0 saturated heterocycles. The minimum atomic E-state index is -1.65. The van der Waals surface area contributed by atoms with Crippen LogP contribution in [-0.2, 0) is 0 Å². The first kappa shape index (κ1) is 9.26. The van der Waals surface area contributed by atoms with E-state index in [-0.39, 0.29) is 5.92 Å². The van der Waals surface area contributed by atoms with Crippen LogP contribution >= 0.6 is 0 Å². The molecule has 1 nitrogen and oxygen atoms in total. The first-order valence-electron chi connectivity index (χ1n) is 6.20. The zero-order valence-electron chi connectivity index (χ0n) is 11.1. The minimum Gasteiger partial charge on any atom is -0.393 e.